The highest BCUT2D eigenvalue weighted by molar-refractivity contribution is 7.16. The molecule has 3 aromatic rings. The molecule has 0 amide bonds. The zero-order valence-electron chi connectivity index (χ0n) is 9.23. The molecule has 6 heteroatoms. The van der Waals surface area contributed by atoms with Crippen molar-refractivity contribution in [1.82, 2.24) is 9.55 Å². The predicted molar refractivity (Wildman–Crippen MR) is 72.5 cm³/mol. The molecule has 1 aromatic carbocycles. The number of imidazole rings is 1. The van der Waals surface area contributed by atoms with E-state index in [1.54, 1.807) is 6.07 Å². The number of benzene rings is 1. The molecule has 3 rings (SSSR count). The molecule has 0 bridgehead atoms. The van der Waals surface area contributed by atoms with Crippen molar-refractivity contribution in [2.45, 2.75) is 6.54 Å². The summed E-state index contributed by atoms with van der Waals surface area (Å²) in [6.07, 6.45) is 0. The van der Waals surface area contributed by atoms with Gasteiger partial charge < -0.3 is 10.3 Å². The predicted octanol–water partition coefficient (Wildman–Crippen LogP) is 3.52. The lowest BCUT2D eigenvalue weighted by Gasteiger charge is -2.04. The normalized spacial score (nSPS) is 11.2. The molecule has 0 unspecified atom stereocenters. The van der Waals surface area contributed by atoms with Crippen LogP contribution < -0.4 is 5.73 Å². The molecule has 2 aromatic heterocycles. The number of fused-ring (bicyclic) bond motifs is 1. The highest BCUT2D eigenvalue weighted by Gasteiger charge is 2.10. The maximum absolute atomic E-state index is 13.1. The van der Waals surface area contributed by atoms with E-state index in [9.17, 15) is 4.39 Å². The molecule has 0 saturated carbocycles. The summed E-state index contributed by atoms with van der Waals surface area (Å²) in [4.78, 5) is 5.23. The van der Waals surface area contributed by atoms with Crippen LogP contribution in [-0.4, -0.2) is 9.55 Å². The second kappa shape index (κ2) is 4.26. The van der Waals surface area contributed by atoms with Gasteiger partial charge in [-0.1, -0.05) is 11.6 Å². The monoisotopic (exact) mass is 281 g/mol. The fraction of sp³-hybridized carbons (Fsp3) is 0.0833. The molecule has 92 valence electrons. The summed E-state index contributed by atoms with van der Waals surface area (Å²) < 4.78 is 15.7. The molecule has 2 heterocycles. The van der Waals surface area contributed by atoms with Gasteiger partial charge in [0, 0.05) is 10.9 Å². The summed E-state index contributed by atoms with van der Waals surface area (Å²) in [6.45, 7) is 0.589. The van der Waals surface area contributed by atoms with Crippen molar-refractivity contribution < 1.29 is 4.39 Å². The molecule has 0 spiro atoms. The maximum atomic E-state index is 13.1. The number of nitrogens with two attached hydrogens (primary N) is 1. The van der Waals surface area contributed by atoms with E-state index in [1.807, 2.05) is 16.7 Å². The van der Waals surface area contributed by atoms with E-state index in [0.29, 0.717) is 18.0 Å². The van der Waals surface area contributed by atoms with Crippen molar-refractivity contribution in [2.24, 2.45) is 0 Å². The first-order chi connectivity index (χ1) is 8.63. The molecule has 0 radical (unpaired) electrons. The fourth-order valence-electron chi connectivity index (χ4n) is 1.88. The van der Waals surface area contributed by atoms with Gasteiger partial charge in [0.2, 0.25) is 5.95 Å². The summed E-state index contributed by atoms with van der Waals surface area (Å²) in [6, 6.07) is 8.26. The van der Waals surface area contributed by atoms with Gasteiger partial charge in [0.15, 0.2) is 0 Å². The van der Waals surface area contributed by atoms with E-state index in [0.717, 1.165) is 14.7 Å². The van der Waals surface area contributed by atoms with Crippen LogP contribution in [0, 0.1) is 5.82 Å². The average molecular weight is 282 g/mol. The summed E-state index contributed by atoms with van der Waals surface area (Å²) in [5.74, 6) is 0.0615. The number of anilines is 1. The highest BCUT2D eigenvalue weighted by Crippen LogP contribution is 2.25. The van der Waals surface area contributed by atoms with Gasteiger partial charge in [-0.2, -0.15) is 0 Å². The number of nitrogens with zero attached hydrogens (tertiary/aromatic N) is 2. The molecule has 0 fully saturated rings. The Balaban J connectivity index is 2.08. The van der Waals surface area contributed by atoms with E-state index in [1.165, 1.54) is 23.5 Å². The van der Waals surface area contributed by atoms with Crippen LogP contribution in [0.15, 0.2) is 30.3 Å². The van der Waals surface area contributed by atoms with Crippen LogP contribution in [0.4, 0.5) is 10.3 Å². The SMILES string of the molecule is Nc1nc2cc(F)ccc2n1Cc1ccc(Cl)s1. The number of rotatable bonds is 2. The Labute approximate surface area is 112 Å². The van der Waals surface area contributed by atoms with E-state index in [2.05, 4.69) is 4.98 Å². The van der Waals surface area contributed by atoms with Gasteiger partial charge in [0.1, 0.15) is 5.82 Å². The lowest BCUT2D eigenvalue weighted by Crippen LogP contribution is -2.03. The van der Waals surface area contributed by atoms with Crippen molar-refractivity contribution in [3.05, 3.63) is 45.4 Å². The van der Waals surface area contributed by atoms with Crippen LogP contribution in [-0.2, 0) is 6.54 Å². The molecule has 0 aliphatic heterocycles. The van der Waals surface area contributed by atoms with Crippen LogP contribution in [0.3, 0.4) is 0 Å². The molecule has 2 N–H and O–H groups in total. The van der Waals surface area contributed by atoms with Crippen molar-refractivity contribution in [3.63, 3.8) is 0 Å². The van der Waals surface area contributed by atoms with Crippen molar-refractivity contribution in [3.8, 4) is 0 Å². The van der Waals surface area contributed by atoms with Crippen LogP contribution in [0.1, 0.15) is 4.88 Å². The number of nitrogen functional groups attached to an aromatic ring is 1. The fourth-order valence-corrected chi connectivity index (χ4v) is 2.96. The van der Waals surface area contributed by atoms with Crippen molar-refractivity contribution in [2.75, 3.05) is 5.73 Å². The summed E-state index contributed by atoms with van der Waals surface area (Å²) >= 11 is 7.39. The third-order valence-corrected chi connectivity index (χ3v) is 3.90. The summed E-state index contributed by atoms with van der Waals surface area (Å²) in [5.41, 5.74) is 7.24. The summed E-state index contributed by atoms with van der Waals surface area (Å²) in [7, 11) is 0. The van der Waals surface area contributed by atoms with Gasteiger partial charge >= 0.3 is 0 Å². The number of halogens is 2. The lowest BCUT2D eigenvalue weighted by molar-refractivity contribution is 0.629. The van der Waals surface area contributed by atoms with Gasteiger partial charge in [-0.15, -0.1) is 11.3 Å². The zero-order chi connectivity index (χ0) is 12.7. The van der Waals surface area contributed by atoms with Gasteiger partial charge in [-0.05, 0) is 24.3 Å². The van der Waals surface area contributed by atoms with Crippen LogP contribution >= 0.6 is 22.9 Å². The minimum Gasteiger partial charge on any atom is -0.369 e. The Morgan fingerprint density at radius 1 is 1.33 bits per heavy atom. The van der Waals surface area contributed by atoms with Gasteiger partial charge in [-0.25, -0.2) is 9.37 Å². The van der Waals surface area contributed by atoms with E-state index >= 15 is 0 Å². The largest absolute Gasteiger partial charge is 0.369 e. The van der Waals surface area contributed by atoms with Gasteiger partial charge in [0.25, 0.3) is 0 Å². The Bertz CT molecular complexity index is 719. The molecule has 0 aliphatic rings. The van der Waals surface area contributed by atoms with Crippen molar-refractivity contribution in [1.29, 1.82) is 0 Å². The maximum Gasteiger partial charge on any atom is 0.201 e. The molecule has 3 nitrogen and oxygen atoms in total. The van der Waals surface area contributed by atoms with Gasteiger partial charge in [-0.3, -0.25) is 0 Å². The first-order valence-corrected chi connectivity index (χ1v) is 6.48. The number of hydrogen-bond acceptors (Lipinski definition) is 3. The Morgan fingerprint density at radius 3 is 2.89 bits per heavy atom. The summed E-state index contributed by atoms with van der Waals surface area (Å²) in [5, 5.41) is 0. The molecule has 0 saturated heterocycles. The van der Waals surface area contributed by atoms with Crippen molar-refractivity contribution >= 4 is 39.9 Å². The highest BCUT2D eigenvalue weighted by atomic mass is 35.5. The smallest absolute Gasteiger partial charge is 0.201 e. The first-order valence-electron chi connectivity index (χ1n) is 5.29. The minimum atomic E-state index is -0.314. The molecule has 18 heavy (non-hydrogen) atoms. The zero-order valence-corrected chi connectivity index (χ0v) is 10.8. The van der Waals surface area contributed by atoms with E-state index in [-0.39, 0.29) is 5.82 Å². The second-order valence-electron chi connectivity index (χ2n) is 3.90. The molecular weight excluding hydrogens is 273 g/mol. The Morgan fingerprint density at radius 2 is 2.17 bits per heavy atom. The van der Waals surface area contributed by atoms with E-state index in [4.69, 9.17) is 17.3 Å². The minimum absolute atomic E-state index is 0.314. The third-order valence-electron chi connectivity index (χ3n) is 2.68. The number of thiophene rings is 1. The topological polar surface area (TPSA) is 43.8 Å². The molecule has 0 aliphatic carbocycles. The lowest BCUT2D eigenvalue weighted by atomic mass is 10.3. The molecular formula is C12H9ClFN3S. The average Bonchev–Trinajstić information content (AvgIpc) is 2.84. The van der Waals surface area contributed by atoms with Gasteiger partial charge in [0.05, 0.1) is 21.9 Å². The van der Waals surface area contributed by atoms with E-state index < -0.39 is 0 Å². The Hall–Kier alpha value is -1.59. The second-order valence-corrected chi connectivity index (χ2v) is 5.69. The number of hydrogen-bond donors (Lipinski definition) is 1. The van der Waals surface area contributed by atoms with Crippen LogP contribution in [0.25, 0.3) is 11.0 Å². The van der Waals surface area contributed by atoms with Crippen LogP contribution in [0.2, 0.25) is 4.34 Å². The number of aromatic nitrogens is 2. The third kappa shape index (κ3) is 1.95. The Kier molecular flexibility index (Phi) is 2.72. The van der Waals surface area contributed by atoms with Crippen LogP contribution in [0.5, 0.6) is 0 Å². The first kappa shape index (κ1) is 11.5. The molecule has 0 atom stereocenters. The standard InChI is InChI=1S/C12H9ClFN3S/c13-11-4-2-8(18-11)6-17-10-3-1-7(14)5-9(10)16-12(17)15/h1-5H,6H2,(H2,15,16). The quantitative estimate of drug-likeness (QED) is 0.781.